The third-order valence-electron chi connectivity index (χ3n) is 17.0. The summed E-state index contributed by atoms with van der Waals surface area (Å²) in [7, 11) is -8.62. The molecule has 542 valence electrons. The number of nitrogens with one attached hydrogen (secondary N) is 3. The molecule has 0 aliphatic carbocycles. The molecule has 27 nitrogen and oxygen atoms in total. The van der Waals surface area contributed by atoms with E-state index < -0.39 is 54.0 Å². The van der Waals surface area contributed by atoms with Crippen LogP contribution in [0.5, 0.6) is 11.8 Å². The second-order valence-corrected chi connectivity index (χ2v) is 44.8. The standard InChI is InChI=1S/C32H51N7O5SSi.C19H23ClN6O4S.C13H29NOSi.CH2O3.2K.H/c1-22-25(19-37(10)34-22)45(41,42)36-29(40)24-13-14-26(39-16-15-27(35-39)43-21-30(2,3)4)33-28(24)38-18-23(17-32(38,8)9)20-44-46(11,12)31(5,6)7;1-12-14(10-25(5)22-12)31(28,29)24-18(27)13-6-7-15(21-17(13)20)26-9-8-16(23-26)30-11-19(2,3)4;1-12(2,3)16(6,7)15-10-11-8-13(4,5)14-9-11;2-1-4-3;;;/h13-16,19,23H,17-18,20-21H2,1-12H3,(H,36,40);6-10H,11H2,1-5H3,(H,24,27);11,14H,8-10H2,1-7H3;1,3H;;;/q;;;;2*+1;-1/p-1. The van der Waals surface area contributed by atoms with Crippen LogP contribution in [0.4, 0.5) is 5.82 Å². The molecule has 34 heteroatoms. The molecule has 2 unspecified atom stereocenters. The number of halogens is 1. The Morgan fingerprint density at radius 2 is 1.07 bits per heavy atom. The number of carbonyl (C=O) groups excluding carboxylic acids is 3. The molecular formula is C65H105ClK2N14O13S2Si2. The molecule has 0 saturated carbocycles. The van der Waals surface area contributed by atoms with Crippen molar-refractivity contribution in [1.82, 2.24) is 63.9 Å². The summed E-state index contributed by atoms with van der Waals surface area (Å²) in [4.78, 5) is 48.6. The zero-order valence-electron chi connectivity index (χ0n) is 64.1. The molecule has 2 aliphatic rings. The van der Waals surface area contributed by atoms with Crippen LogP contribution in [0.25, 0.3) is 11.6 Å². The van der Waals surface area contributed by atoms with Crippen LogP contribution in [0.2, 0.25) is 41.4 Å². The second-order valence-electron chi connectivity index (χ2n) is 31.5. The molecule has 0 spiro atoms. The van der Waals surface area contributed by atoms with Gasteiger partial charge >= 0.3 is 103 Å². The van der Waals surface area contributed by atoms with E-state index in [1.54, 1.807) is 62.4 Å². The smallest absolute Gasteiger partial charge is 1.00 e. The van der Waals surface area contributed by atoms with Crippen molar-refractivity contribution in [3.63, 3.8) is 0 Å². The molecule has 6 aromatic rings. The maximum Gasteiger partial charge on any atom is 1.00 e. The van der Waals surface area contributed by atoms with Gasteiger partial charge in [-0.2, -0.15) is 10.2 Å². The molecule has 0 aromatic carbocycles. The Labute approximate surface area is 680 Å². The first-order chi connectivity index (χ1) is 44.3. The van der Waals surface area contributed by atoms with Crippen LogP contribution < -0.4 is 137 Å². The molecule has 6 aromatic heterocycles. The molecule has 0 radical (unpaired) electrons. The summed E-state index contributed by atoms with van der Waals surface area (Å²) >= 11 is 6.16. The normalized spacial score (nSPS) is 16.3. The number of rotatable bonds is 20. The molecule has 8 rings (SSSR count). The van der Waals surface area contributed by atoms with Crippen molar-refractivity contribution < 1.29 is 164 Å². The SMILES string of the molecule is CC1(C)CC(CO[Si](C)(C)C(C)(C)C)CN1.Cc1nn(C)cc1S(=O)(=O)NC(=O)c1ccc(-n2ccc(OCC(C)(C)C)n2)nc1Cl.Cc1nn(C)cc1S(=O)(=O)NC(=O)c1ccc(-n2ccc(OCC(C)(C)C)n2)nc1N1CC(CO[Si](C)(C)C(C)(C)C)CC1(C)C.O=CO[O-].[H-].[K+].[K+]. The Morgan fingerprint density at radius 3 is 1.43 bits per heavy atom. The fraction of sp³-hybridized carbons (Fsp3) is 0.615. The van der Waals surface area contributed by atoms with E-state index >= 15 is 0 Å². The number of ether oxygens (including phenoxy) is 2. The molecule has 99 heavy (non-hydrogen) atoms. The number of hydrogen-bond donors (Lipinski definition) is 3. The predicted molar refractivity (Wildman–Crippen MR) is 377 cm³/mol. The predicted octanol–water partition coefficient (Wildman–Crippen LogP) is 3.94. The first kappa shape index (κ1) is 89.9. The van der Waals surface area contributed by atoms with Crippen molar-refractivity contribution in [2.75, 3.05) is 44.4 Å². The molecule has 2 atom stereocenters. The van der Waals surface area contributed by atoms with Gasteiger partial charge in [0.25, 0.3) is 38.3 Å². The largest absolute Gasteiger partial charge is 1.00 e. The summed E-state index contributed by atoms with van der Waals surface area (Å²) in [5.74, 6) is 1.29. The summed E-state index contributed by atoms with van der Waals surface area (Å²) in [5.41, 5.74) is 0.472. The van der Waals surface area contributed by atoms with Gasteiger partial charge in [-0.05, 0) is 132 Å². The van der Waals surface area contributed by atoms with Crippen LogP contribution in [0.1, 0.15) is 157 Å². The van der Waals surface area contributed by atoms with Crippen LogP contribution in [0.15, 0.2) is 71.0 Å². The third kappa shape index (κ3) is 26.4. The number of aryl methyl sites for hydroxylation is 4. The maximum atomic E-state index is 13.8. The second kappa shape index (κ2) is 35.6. The number of amides is 2. The molecule has 2 amide bonds. The molecule has 3 N–H and O–H groups in total. The minimum Gasteiger partial charge on any atom is -1.00 e. The third-order valence-corrected chi connectivity index (χ3v) is 29.1. The minimum atomic E-state index is -4.19. The molecule has 2 fully saturated rings. The Hall–Kier alpha value is -3.31. The number of aromatic nitrogens is 10. The molecule has 2 saturated heterocycles. The van der Waals surface area contributed by atoms with Gasteiger partial charge in [-0.3, -0.25) is 23.7 Å². The van der Waals surface area contributed by atoms with Gasteiger partial charge in [0.1, 0.15) is 20.8 Å². The summed E-state index contributed by atoms with van der Waals surface area (Å²) in [5, 5.41) is 29.2. The summed E-state index contributed by atoms with van der Waals surface area (Å²) in [6, 6.07) is 9.59. The summed E-state index contributed by atoms with van der Waals surface area (Å²) in [6.45, 7) is 51.0. The van der Waals surface area contributed by atoms with Gasteiger partial charge in [-0.1, -0.05) is 94.7 Å². The van der Waals surface area contributed by atoms with Gasteiger partial charge in [0.15, 0.2) is 28.3 Å². The van der Waals surface area contributed by atoms with E-state index in [0.717, 1.165) is 19.6 Å². The van der Waals surface area contributed by atoms with Crippen molar-refractivity contribution >= 4 is 72.4 Å². The van der Waals surface area contributed by atoms with Crippen LogP contribution in [-0.4, -0.2) is 151 Å². The Balaban J connectivity index is 0.000000541. The quantitative estimate of drug-likeness (QED) is 0.0320. The molecule has 2 aliphatic heterocycles. The number of sulfonamides is 2. The molecular weight excluding hydrogens is 1420 g/mol. The van der Waals surface area contributed by atoms with E-state index in [1.807, 2.05) is 25.5 Å². The van der Waals surface area contributed by atoms with E-state index in [2.05, 4.69) is 161 Å². The monoisotopic (exact) mass is 1520 g/mol. The summed E-state index contributed by atoms with van der Waals surface area (Å²) in [6.07, 6.45) is 8.14. The fourth-order valence-electron chi connectivity index (χ4n) is 9.78. The van der Waals surface area contributed by atoms with Crippen molar-refractivity contribution in [3.8, 4) is 23.4 Å². The van der Waals surface area contributed by atoms with E-state index in [-0.39, 0.29) is 164 Å². The van der Waals surface area contributed by atoms with Gasteiger partial charge in [0.05, 0.1) is 35.7 Å². The Morgan fingerprint density at radius 1 is 0.667 bits per heavy atom. The van der Waals surface area contributed by atoms with E-state index in [4.69, 9.17) is 45.0 Å². The van der Waals surface area contributed by atoms with Gasteiger partial charge in [0, 0.05) is 94.3 Å². The van der Waals surface area contributed by atoms with Gasteiger partial charge in [-0.15, -0.1) is 10.2 Å². The van der Waals surface area contributed by atoms with Gasteiger partial charge in [0.2, 0.25) is 11.8 Å². The van der Waals surface area contributed by atoms with Crippen LogP contribution >= 0.6 is 11.6 Å². The van der Waals surface area contributed by atoms with Gasteiger partial charge < -0.3 is 40.1 Å². The zero-order chi connectivity index (χ0) is 73.5. The van der Waals surface area contributed by atoms with Crippen LogP contribution in [0.3, 0.4) is 0 Å². The van der Waals surface area contributed by atoms with Crippen molar-refractivity contribution in [3.05, 3.63) is 88.9 Å². The topological polar surface area (TPSA) is 325 Å². The zero-order valence-corrected chi connectivity index (χ0v) is 73.7. The average molecular weight is 1520 g/mol. The maximum absolute atomic E-state index is 13.8. The average Bonchev–Trinajstić information content (AvgIpc) is 1.55. The number of pyridine rings is 2. The van der Waals surface area contributed by atoms with E-state index in [1.165, 1.54) is 51.9 Å². The number of carbonyl (C=O) groups is 3. The Bertz CT molecular complexity index is 3940. The van der Waals surface area contributed by atoms with E-state index in [0.29, 0.717) is 77.8 Å². The number of nitrogens with zero attached hydrogens (tertiary/aromatic N) is 11. The molecule has 8 heterocycles. The van der Waals surface area contributed by atoms with Crippen molar-refractivity contribution in [1.29, 1.82) is 0 Å². The molecule has 0 bridgehead atoms. The first-order valence-electron chi connectivity index (χ1n) is 32.0. The van der Waals surface area contributed by atoms with Crippen LogP contribution in [-0.2, 0) is 52.7 Å². The first-order valence-corrected chi connectivity index (χ1v) is 41.2. The van der Waals surface area contributed by atoms with Gasteiger partial charge in [-0.25, -0.2) is 45.6 Å². The van der Waals surface area contributed by atoms with Crippen molar-refractivity contribution in [2.45, 2.75) is 195 Å². The fourth-order valence-corrected chi connectivity index (χ4v) is 14.6. The Kier molecular flexibility index (Phi) is 32.4. The number of hydrogen-bond acceptors (Lipinski definition) is 21. The van der Waals surface area contributed by atoms with E-state index in [9.17, 15) is 26.4 Å². The minimum absolute atomic E-state index is 0. The number of anilines is 1. The van der Waals surface area contributed by atoms with Crippen molar-refractivity contribution in [2.24, 2.45) is 36.8 Å². The van der Waals surface area contributed by atoms with Crippen LogP contribution in [0, 0.1) is 36.5 Å². The summed E-state index contributed by atoms with van der Waals surface area (Å²) < 4.78 is 86.0.